The summed E-state index contributed by atoms with van der Waals surface area (Å²) in [6, 6.07) is 4.88. The van der Waals surface area contributed by atoms with Gasteiger partial charge in [-0.3, -0.25) is 14.7 Å². The first-order valence-electron chi connectivity index (χ1n) is 6.25. The van der Waals surface area contributed by atoms with Crippen LogP contribution in [0.25, 0.3) is 0 Å². The van der Waals surface area contributed by atoms with Crippen LogP contribution in [-0.4, -0.2) is 26.7 Å². The minimum absolute atomic E-state index is 0.0317. The molecule has 9 heteroatoms. The van der Waals surface area contributed by atoms with Gasteiger partial charge in [-0.05, 0) is 37.7 Å². The van der Waals surface area contributed by atoms with Crippen LogP contribution in [0.2, 0.25) is 0 Å². The maximum absolute atomic E-state index is 11.7. The smallest absolute Gasteiger partial charge is 0.344 e. The number of nitro groups is 1. The first kappa shape index (κ1) is 15.1. The molecule has 21 heavy (non-hydrogen) atoms. The Bertz CT molecular complexity index is 722. The van der Waals surface area contributed by atoms with Crippen LogP contribution in [0, 0.1) is 10.1 Å². The Hall–Kier alpha value is -2.29. The molecule has 0 saturated heterocycles. The van der Waals surface area contributed by atoms with E-state index in [0.29, 0.717) is 15.7 Å². The topological polar surface area (TPSA) is 106 Å². The maximum atomic E-state index is 11.7. The Morgan fingerprint density at radius 3 is 2.76 bits per heavy atom. The third-order valence-corrected chi connectivity index (χ3v) is 3.86. The molecule has 0 aliphatic rings. The van der Waals surface area contributed by atoms with E-state index in [1.54, 1.807) is 25.2 Å². The van der Waals surface area contributed by atoms with Crippen molar-refractivity contribution in [3.63, 3.8) is 0 Å². The zero-order chi connectivity index (χ0) is 15.6. The Morgan fingerprint density at radius 2 is 2.19 bits per heavy atom. The number of H-pyrrole nitrogens is 1. The molecule has 0 atom stereocenters. The predicted molar refractivity (Wildman–Crippen MR) is 80.0 cm³/mol. The summed E-state index contributed by atoms with van der Waals surface area (Å²) in [6.07, 6.45) is 0. The quantitative estimate of drug-likeness (QED) is 0.648. The molecule has 1 aromatic carbocycles. The summed E-state index contributed by atoms with van der Waals surface area (Å²) in [5, 5.41) is 20.8. The van der Waals surface area contributed by atoms with Gasteiger partial charge < -0.3 is 5.32 Å². The average Bonchev–Trinajstić information content (AvgIpc) is 2.79. The van der Waals surface area contributed by atoms with Gasteiger partial charge in [0.15, 0.2) is 5.16 Å². The largest absolute Gasteiger partial charge is 0.383 e. The fourth-order valence-electron chi connectivity index (χ4n) is 1.91. The first-order valence-corrected chi connectivity index (χ1v) is 7.07. The van der Waals surface area contributed by atoms with Crippen molar-refractivity contribution in [2.45, 2.75) is 29.9 Å². The van der Waals surface area contributed by atoms with Crippen molar-refractivity contribution in [1.82, 2.24) is 14.8 Å². The van der Waals surface area contributed by atoms with Crippen LogP contribution in [0.3, 0.4) is 0 Å². The minimum atomic E-state index is -0.446. The number of aromatic amines is 1. The van der Waals surface area contributed by atoms with Crippen molar-refractivity contribution in [3.05, 3.63) is 38.8 Å². The summed E-state index contributed by atoms with van der Waals surface area (Å²) in [6.45, 7) is 3.69. The molecule has 0 aliphatic heterocycles. The van der Waals surface area contributed by atoms with Gasteiger partial charge in [0.2, 0.25) is 0 Å². The van der Waals surface area contributed by atoms with Gasteiger partial charge in [0, 0.05) is 13.1 Å². The van der Waals surface area contributed by atoms with Gasteiger partial charge in [-0.2, -0.15) is 0 Å². The van der Waals surface area contributed by atoms with E-state index in [0.717, 1.165) is 11.8 Å². The van der Waals surface area contributed by atoms with Gasteiger partial charge >= 0.3 is 11.4 Å². The third-order valence-electron chi connectivity index (χ3n) is 2.84. The molecule has 0 bridgehead atoms. The van der Waals surface area contributed by atoms with Crippen molar-refractivity contribution in [1.29, 1.82) is 0 Å². The van der Waals surface area contributed by atoms with E-state index in [1.807, 2.05) is 13.8 Å². The lowest BCUT2D eigenvalue weighted by Gasteiger charge is -2.10. The van der Waals surface area contributed by atoms with Crippen LogP contribution >= 0.6 is 11.8 Å². The highest BCUT2D eigenvalue weighted by atomic mass is 32.2. The molecule has 2 rings (SSSR count). The first-order chi connectivity index (χ1) is 9.95. The number of aromatic nitrogens is 3. The van der Waals surface area contributed by atoms with Gasteiger partial charge in [-0.25, -0.2) is 9.89 Å². The molecule has 1 heterocycles. The molecule has 8 nitrogen and oxygen atoms in total. The predicted octanol–water partition coefficient (Wildman–Crippen LogP) is 2.25. The number of hydrogen-bond donors (Lipinski definition) is 2. The molecule has 0 radical (unpaired) electrons. The van der Waals surface area contributed by atoms with Crippen LogP contribution in [0.4, 0.5) is 11.4 Å². The number of nitrogens with one attached hydrogen (secondary N) is 2. The van der Waals surface area contributed by atoms with Crippen LogP contribution in [-0.2, 0) is 0 Å². The molecular weight excluding hydrogens is 294 g/mol. The van der Waals surface area contributed by atoms with Crippen molar-refractivity contribution >= 4 is 23.1 Å². The molecule has 0 aliphatic carbocycles. The van der Waals surface area contributed by atoms with Crippen molar-refractivity contribution in [2.24, 2.45) is 0 Å². The lowest BCUT2D eigenvalue weighted by atomic mass is 10.3. The lowest BCUT2D eigenvalue weighted by Crippen LogP contribution is -2.19. The van der Waals surface area contributed by atoms with Crippen molar-refractivity contribution < 1.29 is 4.92 Å². The Balaban J connectivity index is 2.50. The van der Waals surface area contributed by atoms with Crippen LogP contribution in [0.1, 0.15) is 19.9 Å². The molecular formula is C12H15N5O3S. The Morgan fingerprint density at radius 1 is 1.48 bits per heavy atom. The van der Waals surface area contributed by atoms with E-state index in [2.05, 4.69) is 15.5 Å². The Kier molecular flexibility index (Phi) is 4.32. The van der Waals surface area contributed by atoms with E-state index in [9.17, 15) is 14.9 Å². The molecule has 2 aromatic rings. The number of nitrogens with zero attached hydrogens (tertiary/aromatic N) is 3. The lowest BCUT2D eigenvalue weighted by molar-refractivity contribution is -0.386. The Labute approximate surface area is 124 Å². The summed E-state index contributed by atoms with van der Waals surface area (Å²) in [4.78, 5) is 22.9. The highest BCUT2D eigenvalue weighted by Gasteiger charge is 2.22. The van der Waals surface area contributed by atoms with Crippen molar-refractivity contribution in [3.8, 4) is 0 Å². The summed E-state index contributed by atoms with van der Waals surface area (Å²) >= 11 is 1.09. The molecule has 0 fully saturated rings. The van der Waals surface area contributed by atoms with Crippen LogP contribution in [0.15, 0.2) is 33.0 Å². The summed E-state index contributed by atoms with van der Waals surface area (Å²) in [7, 11) is 1.62. The number of benzene rings is 1. The molecule has 0 saturated carbocycles. The van der Waals surface area contributed by atoms with Gasteiger partial charge in [-0.1, -0.05) is 6.07 Å². The fourth-order valence-corrected chi connectivity index (χ4v) is 3.02. The number of rotatable bonds is 5. The highest BCUT2D eigenvalue weighted by molar-refractivity contribution is 7.99. The second kappa shape index (κ2) is 6.00. The zero-order valence-electron chi connectivity index (χ0n) is 11.8. The number of nitro benzene ring substituents is 1. The maximum Gasteiger partial charge on any atom is 0.344 e. The summed E-state index contributed by atoms with van der Waals surface area (Å²) in [5.74, 6) is 0. The van der Waals surface area contributed by atoms with Crippen LogP contribution in [0.5, 0.6) is 0 Å². The molecule has 1 aromatic heterocycles. The fraction of sp³-hybridized carbons (Fsp3) is 0.333. The van der Waals surface area contributed by atoms with Gasteiger partial charge in [0.1, 0.15) is 5.69 Å². The molecule has 112 valence electrons. The van der Waals surface area contributed by atoms with Crippen LogP contribution < -0.4 is 11.0 Å². The van der Waals surface area contributed by atoms with Gasteiger partial charge in [-0.15, -0.1) is 5.10 Å². The summed E-state index contributed by atoms with van der Waals surface area (Å²) < 4.78 is 1.46. The van der Waals surface area contributed by atoms with E-state index in [1.165, 1.54) is 4.57 Å². The van der Waals surface area contributed by atoms with E-state index >= 15 is 0 Å². The summed E-state index contributed by atoms with van der Waals surface area (Å²) in [5.41, 5.74) is 0.0506. The normalized spacial score (nSPS) is 10.9. The number of para-hydroxylation sites is 1. The van der Waals surface area contributed by atoms with Crippen molar-refractivity contribution in [2.75, 3.05) is 12.4 Å². The molecule has 0 spiro atoms. The highest BCUT2D eigenvalue weighted by Crippen LogP contribution is 2.38. The SMILES string of the molecule is CNc1cccc(Sc2n[nH]c(=O)n2C(C)C)c1[N+](=O)[O-]. The van der Waals surface area contributed by atoms with Gasteiger partial charge in [0.25, 0.3) is 0 Å². The van der Waals surface area contributed by atoms with E-state index in [-0.39, 0.29) is 17.4 Å². The third kappa shape index (κ3) is 2.92. The number of anilines is 1. The monoisotopic (exact) mass is 309 g/mol. The molecule has 0 amide bonds. The zero-order valence-corrected chi connectivity index (χ0v) is 12.6. The van der Waals surface area contributed by atoms with E-state index < -0.39 is 4.92 Å². The number of hydrogen-bond acceptors (Lipinski definition) is 6. The average molecular weight is 309 g/mol. The van der Waals surface area contributed by atoms with E-state index in [4.69, 9.17) is 0 Å². The standard InChI is InChI=1S/C12H15N5O3S/c1-7(2)16-11(18)14-15-12(16)21-9-6-4-5-8(13-3)10(9)17(19)20/h4-7,13H,1-3H3,(H,14,18). The molecule has 0 unspecified atom stereocenters. The molecule has 2 N–H and O–H groups in total. The second-order valence-electron chi connectivity index (χ2n) is 4.54. The second-order valence-corrected chi connectivity index (χ2v) is 5.55. The minimum Gasteiger partial charge on any atom is -0.383 e. The van der Waals surface area contributed by atoms with Gasteiger partial charge in [0.05, 0.1) is 9.82 Å².